The molecule has 0 fully saturated rings. The second-order valence-electron chi connectivity index (χ2n) is 8.66. The van der Waals surface area contributed by atoms with E-state index < -0.39 is 0 Å². The number of hydrogen-bond acceptors (Lipinski definition) is 4. The van der Waals surface area contributed by atoms with Gasteiger partial charge in [-0.3, -0.25) is 4.79 Å². The van der Waals surface area contributed by atoms with Crippen LogP contribution in [0.2, 0.25) is 0 Å². The summed E-state index contributed by atoms with van der Waals surface area (Å²) in [5, 5.41) is 0. The highest BCUT2D eigenvalue weighted by Gasteiger charge is 2.16. The van der Waals surface area contributed by atoms with Crippen LogP contribution in [0, 0.1) is 0 Å². The van der Waals surface area contributed by atoms with Crippen LogP contribution in [-0.2, 0) is 4.74 Å². The number of aldehydes is 1. The Kier molecular flexibility index (Phi) is 7.96. The minimum absolute atomic E-state index is 0.233. The molecule has 4 nitrogen and oxygen atoms in total. The minimum atomic E-state index is 0.233. The molecule has 0 radical (unpaired) electrons. The molecule has 1 aliphatic rings. The van der Waals surface area contributed by atoms with Crippen LogP contribution in [0.5, 0.6) is 5.75 Å². The van der Waals surface area contributed by atoms with E-state index in [9.17, 15) is 4.79 Å². The van der Waals surface area contributed by atoms with Gasteiger partial charge in [0, 0.05) is 37.0 Å². The summed E-state index contributed by atoms with van der Waals surface area (Å²) in [6.45, 7) is 2.91. The van der Waals surface area contributed by atoms with Crippen molar-refractivity contribution in [2.45, 2.75) is 13.3 Å². The highest BCUT2D eigenvalue weighted by Crippen LogP contribution is 2.35. The molecule has 178 valence electrons. The zero-order valence-corrected chi connectivity index (χ0v) is 20.5. The number of rotatable bonds is 7. The predicted molar refractivity (Wildman–Crippen MR) is 146 cm³/mol. The molecular weight excluding hydrogens is 434 g/mol. The van der Waals surface area contributed by atoms with Gasteiger partial charge in [0.2, 0.25) is 0 Å². The van der Waals surface area contributed by atoms with Crippen LogP contribution in [0.3, 0.4) is 0 Å². The van der Waals surface area contributed by atoms with Gasteiger partial charge in [0.05, 0.1) is 6.61 Å². The Morgan fingerprint density at radius 2 is 1.37 bits per heavy atom. The molecule has 0 spiro atoms. The smallest absolute Gasteiger partial charge is 0.189 e. The second kappa shape index (κ2) is 11.5. The molecule has 1 aliphatic heterocycles. The molecule has 0 unspecified atom stereocenters. The van der Waals surface area contributed by atoms with Gasteiger partial charge in [0.25, 0.3) is 0 Å². The molecule has 4 heteroatoms. The van der Waals surface area contributed by atoms with Crippen molar-refractivity contribution in [1.29, 1.82) is 0 Å². The zero-order valence-electron chi connectivity index (χ0n) is 20.5. The van der Waals surface area contributed by atoms with E-state index in [0.717, 1.165) is 52.0 Å². The standard InChI is InChI=1S/C31H31NO3/c1-4-29-27(21-34-22-35-31-19-28(32(2)3)17-18-30(29)31)16-15-25-9-7-23(8-10-25)5-6-24-11-13-26(20-33)14-12-24/h5-20H,4,21-22H2,1-3H3/b6-5+,16-15+,29-27-. The number of ether oxygens (including phenoxy) is 2. The van der Waals surface area contributed by atoms with Crippen molar-refractivity contribution in [3.05, 3.63) is 106 Å². The second-order valence-corrected chi connectivity index (χ2v) is 8.66. The monoisotopic (exact) mass is 465 g/mol. The van der Waals surface area contributed by atoms with Gasteiger partial charge in [-0.05, 0) is 46.4 Å². The Hall–Kier alpha value is -3.89. The van der Waals surface area contributed by atoms with Gasteiger partial charge < -0.3 is 14.4 Å². The number of carbonyl (C=O) groups is 1. The highest BCUT2D eigenvalue weighted by atomic mass is 16.7. The Morgan fingerprint density at radius 3 is 1.91 bits per heavy atom. The fourth-order valence-electron chi connectivity index (χ4n) is 4.03. The van der Waals surface area contributed by atoms with E-state index in [1.54, 1.807) is 0 Å². The maximum Gasteiger partial charge on any atom is 0.189 e. The maximum atomic E-state index is 10.8. The molecule has 1 heterocycles. The topological polar surface area (TPSA) is 38.8 Å². The third-order valence-electron chi connectivity index (χ3n) is 6.06. The van der Waals surface area contributed by atoms with Gasteiger partial charge in [0.15, 0.2) is 6.79 Å². The molecule has 3 aromatic rings. The largest absolute Gasteiger partial charge is 0.467 e. The third kappa shape index (κ3) is 6.17. The predicted octanol–water partition coefficient (Wildman–Crippen LogP) is 6.98. The number of hydrogen-bond donors (Lipinski definition) is 0. The van der Waals surface area contributed by atoms with Gasteiger partial charge in [-0.1, -0.05) is 79.8 Å². The van der Waals surface area contributed by atoms with Crippen LogP contribution >= 0.6 is 0 Å². The minimum Gasteiger partial charge on any atom is -0.467 e. The summed E-state index contributed by atoms with van der Waals surface area (Å²) in [6.07, 6.45) is 10.2. The summed E-state index contributed by atoms with van der Waals surface area (Å²) in [7, 11) is 4.05. The normalized spacial score (nSPS) is 16.0. The molecule has 0 N–H and O–H groups in total. The van der Waals surface area contributed by atoms with E-state index in [2.05, 4.69) is 72.5 Å². The lowest BCUT2D eigenvalue weighted by molar-refractivity contribution is 0.0269. The Labute approximate surface area is 207 Å². The van der Waals surface area contributed by atoms with Gasteiger partial charge >= 0.3 is 0 Å². The first-order valence-electron chi connectivity index (χ1n) is 11.8. The van der Waals surface area contributed by atoms with E-state index in [1.807, 2.05) is 44.4 Å². The molecule has 35 heavy (non-hydrogen) atoms. The molecule has 0 saturated heterocycles. The molecule has 0 bridgehead atoms. The number of nitrogens with zero attached hydrogens (tertiary/aromatic N) is 1. The van der Waals surface area contributed by atoms with Crippen LogP contribution in [0.15, 0.2) is 78.4 Å². The fourth-order valence-corrected chi connectivity index (χ4v) is 4.03. The first-order valence-corrected chi connectivity index (χ1v) is 11.8. The van der Waals surface area contributed by atoms with E-state index in [1.165, 1.54) is 5.57 Å². The molecule has 0 aromatic heterocycles. The summed E-state index contributed by atoms with van der Waals surface area (Å²) in [6, 6.07) is 22.3. The van der Waals surface area contributed by atoms with Gasteiger partial charge in [0.1, 0.15) is 12.0 Å². The molecule has 0 atom stereocenters. The molecule has 0 amide bonds. The average molecular weight is 466 g/mol. The summed E-state index contributed by atoms with van der Waals surface area (Å²) < 4.78 is 11.7. The lowest BCUT2D eigenvalue weighted by Crippen LogP contribution is -2.13. The van der Waals surface area contributed by atoms with Crippen molar-refractivity contribution in [1.82, 2.24) is 0 Å². The Morgan fingerprint density at radius 1 is 0.800 bits per heavy atom. The number of allylic oxidation sites excluding steroid dienone is 1. The lowest BCUT2D eigenvalue weighted by atomic mass is 9.95. The third-order valence-corrected chi connectivity index (χ3v) is 6.06. The summed E-state index contributed by atoms with van der Waals surface area (Å²) in [4.78, 5) is 12.9. The van der Waals surface area contributed by atoms with Crippen molar-refractivity contribution in [2.24, 2.45) is 0 Å². The number of fused-ring (bicyclic) bond motifs is 1. The summed E-state index contributed by atoms with van der Waals surface area (Å²) in [5.41, 5.74) is 8.62. The van der Waals surface area contributed by atoms with Crippen LogP contribution in [0.25, 0.3) is 23.8 Å². The fraction of sp³-hybridized carbons (Fsp3) is 0.194. The van der Waals surface area contributed by atoms with Gasteiger partial charge in [-0.15, -0.1) is 0 Å². The Balaban J connectivity index is 1.53. The maximum absolute atomic E-state index is 10.8. The number of benzene rings is 3. The molecular formula is C31H31NO3. The lowest BCUT2D eigenvalue weighted by Gasteiger charge is -2.22. The van der Waals surface area contributed by atoms with E-state index in [4.69, 9.17) is 9.47 Å². The van der Waals surface area contributed by atoms with E-state index >= 15 is 0 Å². The van der Waals surface area contributed by atoms with Crippen LogP contribution in [0.4, 0.5) is 5.69 Å². The highest BCUT2D eigenvalue weighted by molar-refractivity contribution is 5.79. The average Bonchev–Trinajstić information content (AvgIpc) is 2.88. The quantitative estimate of drug-likeness (QED) is 0.279. The van der Waals surface area contributed by atoms with Crippen molar-refractivity contribution in [3.63, 3.8) is 0 Å². The summed E-state index contributed by atoms with van der Waals surface area (Å²) in [5.74, 6) is 0.857. The van der Waals surface area contributed by atoms with Gasteiger partial charge in [-0.2, -0.15) is 0 Å². The Bertz CT molecular complexity index is 1250. The number of anilines is 1. The first kappa shape index (κ1) is 24.2. The van der Waals surface area contributed by atoms with E-state index in [-0.39, 0.29) is 6.79 Å². The molecule has 4 rings (SSSR count). The van der Waals surface area contributed by atoms with E-state index in [0.29, 0.717) is 12.2 Å². The van der Waals surface area contributed by atoms with Crippen LogP contribution < -0.4 is 9.64 Å². The van der Waals surface area contributed by atoms with Crippen molar-refractivity contribution < 1.29 is 14.3 Å². The van der Waals surface area contributed by atoms with Crippen LogP contribution in [-0.4, -0.2) is 33.8 Å². The van der Waals surface area contributed by atoms with Crippen LogP contribution in [0.1, 0.15) is 46.0 Å². The van der Waals surface area contributed by atoms with Crippen molar-refractivity contribution in [2.75, 3.05) is 32.4 Å². The SMILES string of the molecule is CC/C1=C(\C=C\c2ccc(/C=C/c3ccc(C=O)cc3)cc2)COCOc2cc(N(C)C)ccc21. The molecule has 3 aromatic carbocycles. The zero-order chi connectivity index (χ0) is 24.6. The van der Waals surface area contributed by atoms with Gasteiger partial charge in [-0.25, -0.2) is 0 Å². The number of carbonyl (C=O) groups excluding carboxylic acids is 1. The van der Waals surface area contributed by atoms with Crippen molar-refractivity contribution in [3.8, 4) is 5.75 Å². The van der Waals surface area contributed by atoms with Crippen molar-refractivity contribution >= 4 is 35.8 Å². The first-order chi connectivity index (χ1) is 17.1. The molecule has 0 aliphatic carbocycles. The molecule has 0 saturated carbocycles. The summed E-state index contributed by atoms with van der Waals surface area (Å²) >= 11 is 0.